The second-order valence-corrected chi connectivity index (χ2v) is 3.78. The van der Waals surface area contributed by atoms with Crippen molar-refractivity contribution in [2.24, 2.45) is 0 Å². The van der Waals surface area contributed by atoms with Gasteiger partial charge in [0.1, 0.15) is 11.6 Å². The van der Waals surface area contributed by atoms with Crippen molar-refractivity contribution < 1.29 is 5.11 Å². The molecule has 2 rings (SSSR count). The van der Waals surface area contributed by atoms with Crippen LogP contribution in [0.2, 0.25) is 0 Å². The Morgan fingerprint density at radius 3 is 2.73 bits per heavy atom. The van der Waals surface area contributed by atoms with Crippen LogP contribution >= 0.6 is 0 Å². The van der Waals surface area contributed by atoms with Gasteiger partial charge >= 0.3 is 0 Å². The summed E-state index contributed by atoms with van der Waals surface area (Å²) in [6.45, 7) is 3.90. The molecule has 0 amide bonds. The zero-order valence-electron chi connectivity index (χ0n) is 8.91. The summed E-state index contributed by atoms with van der Waals surface area (Å²) < 4.78 is 0. The van der Waals surface area contributed by atoms with Gasteiger partial charge in [-0.2, -0.15) is 0 Å². The largest absolute Gasteiger partial charge is 0.508 e. The summed E-state index contributed by atoms with van der Waals surface area (Å²) in [4.78, 5) is 7.26. The molecule has 2 N–H and O–H groups in total. The quantitative estimate of drug-likeness (QED) is 0.785. The van der Waals surface area contributed by atoms with Crippen LogP contribution in [-0.4, -0.2) is 15.1 Å². The maximum absolute atomic E-state index is 9.53. The van der Waals surface area contributed by atoms with E-state index < -0.39 is 0 Å². The van der Waals surface area contributed by atoms with Crippen LogP contribution in [0.5, 0.6) is 5.75 Å². The second-order valence-electron chi connectivity index (χ2n) is 3.78. The lowest BCUT2D eigenvalue weighted by molar-refractivity contribution is 0.470. The number of aromatic nitrogens is 2. The normalized spacial score (nSPS) is 10.5. The maximum atomic E-state index is 9.53. The molecule has 0 bridgehead atoms. The van der Waals surface area contributed by atoms with Gasteiger partial charge in [-0.3, -0.25) is 0 Å². The number of aryl methyl sites for hydroxylation is 2. The van der Waals surface area contributed by atoms with Gasteiger partial charge < -0.3 is 10.1 Å². The minimum absolute atomic E-state index is 0.357. The molecular formula is C12H14N2O. The SMILES string of the molecule is Cc1cc(Cc2ncc[nH]2)c(C)cc1O. The Hall–Kier alpha value is -1.77. The molecule has 1 heterocycles. The van der Waals surface area contributed by atoms with Crippen LogP contribution in [0.3, 0.4) is 0 Å². The van der Waals surface area contributed by atoms with Gasteiger partial charge in [-0.1, -0.05) is 6.07 Å². The molecule has 0 spiro atoms. The average molecular weight is 202 g/mol. The van der Waals surface area contributed by atoms with Gasteiger partial charge in [-0.25, -0.2) is 4.98 Å². The highest BCUT2D eigenvalue weighted by molar-refractivity contribution is 5.41. The predicted molar refractivity (Wildman–Crippen MR) is 59.0 cm³/mol. The van der Waals surface area contributed by atoms with E-state index in [1.54, 1.807) is 12.3 Å². The number of phenols is 1. The molecule has 0 saturated heterocycles. The Kier molecular flexibility index (Phi) is 2.46. The van der Waals surface area contributed by atoms with Gasteiger partial charge in [0.25, 0.3) is 0 Å². The minimum atomic E-state index is 0.357. The number of hydrogen-bond donors (Lipinski definition) is 2. The highest BCUT2D eigenvalue weighted by atomic mass is 16.3. The van der Waals surface area contributed by atoms with E-state index in [2.05, 4.69) is 9.97 Å². The average Bonchev–Trinajstić information content (AvgIpc) is 2.67. The third-order valence-electron chi connectivity index (χ3n) is 2.57. The Morgan fingerprint density at radius 1 is 1.27 bits per heavy atom. The summed E-state index contributed by atoms with van der Waals surface area (Å²) >= 11 is 0. The van der Waals surface area contributed by atoms with Gasteiger partial charge in [0.15, 0.2) is 0 Å². The molecule has 0 aliphatic heterocycles. The lowest BCUT2D eigenvalue weighted by Crippen LogP contribution is -1.95. The number of imidazole rings is 1. The highest BCUT2D eigenvalue weighted by Gasteiger charge is 2.05. The van der Waals surface area contributed by atoms with Crippen molar-refractivity contribution in [2.75, 3.05) is 0 Å². The number of rotatable bonds is 2. The van der Waals surface area contributed by atoms with Crippen molar-refractivity contribution in [1.29, 1.82) is 0 Å². The van der Waals surface area contributed by atoms with E-state index in [0.717, 1.165) is 23.4 Å². The van der Waals surface area contributed by atoms with Crippen molar-refractivity contribution in [3.63, 3.8) is 0 Å². The monoisotopic (exact) mass is 202 g/mol. The summed E-state index contributed by atoms with van der Waals surface area (Å²) in [5.41, 5.74) is 3.19. The first-order chi connectivity index (χ1) is 7.16. The first-order valence-electron chi connectivity index (χ1n) is 4.94. The van der Waals surface area contributed by atoms with Crippen LogP contribution in [-0.2, 0) is 6.42 Å². The molecule has 1 aromatic heterocycles. The molecule has 15 heavy (non-hydrogen) atoms. The number of phenolic OH excluding ortho intramolecular Hbond substituents is 1. The van der Waals surface area contributed by atoms with E-state index in [1.807, 2.05) is 26.1 Å². The van der Waals surface area contributed by atoms with Crippen molar-refractivity contribution in [3.05, 3.63) is 47.0 Å². The summed E-state index contributed by atoms with van der Waals surface area (Å²) in [5, 5.41) is 9.53. The Labute approximate surface area is 88.8 Å². The smallest absolute Gasteiger partial charge is 0.118 e. The standard InChI is InChI=1S/C12H14N2O/c1-8-6-11(15)9(2)5-10(8)7-12-13-3-4-14-12/h3-6,15H,7H2,1-2H3,(H,13,14). The molecule has 3 heteroatoms. The summed E-state index contributed by atoms with van der Waals surface area (Å²) in [7, 11) is 0. The van der Waals surface area contributed by atoms with Crippen molar-refractivity contribution in [3.8, 4) is 5.75 Å². The number of H-pyrrole nitrogens is 1. The fraction of sp³-hybridized carbons (Fsp3) is 0.250. The number of nitrogens with one attached hydrogen (secondary N) is 1. The lowest BCUT2D eigenvalue weighted by Gasteiger charge is -2.07. The molecule has 0 aliphatic rings. The molecule has 0 atom stereocenters. The van der Waals surface area contributed by atoms with Crippen LogP contribution in [0.4, 0.5) is 0 Å². The predicted octanol–water partition coefficient (Wildman–Crippen LogP) is 2.32. The molecule has 0 saturated carbocycles. The van der Waals surface area contributed by atoms with Crippen LogP contribution in [0.25, 0.3) is 0 Å². The first kappa shape index (κ1) is 9.77. The van der Waals surface area contributed by atoms with E-state index >= 15 is 0 Å². The molecule has 0 fully saturated rings. The van der Waals surface area contributed by atoms with Crippen molar-refractivity contribution >= 4 is 0 Å². The fourth-order valence-electron chi connectivity index (χ4n) is 1.63. The molecule has 0 aliphatic carbocycles. The number of hydrogen-bond acceptors (Lipinski definition) is 2. The Morgan fingerprint density at radius 2 is 2.07 bits per heavy atom. The summed E-state index contributed by atoms with van der Waals surface area (Å²) in [6, 6.07) is 3.81. The van der Waals surface area contributed by atoms with Gasteiger partial charge in [0, 0.05) is 18.8 Å². The van der Waals surface area contributed by atoms with E-state index in [0.29, 0.717) is 5.75 Å². The molecule has 1 aromatic carbocycles. The topological polar surface area (TPSA) is 48.9 Å². The zero-order valence-corrected chi connectivity index (χ0v) is 8.91. The third-order valence-corrected chi connectivity index (χ3v) is 2.57. The van der Waals surface area contributed by atoms with Gasteiger partial charge in [-0.05, 0) is 36.6 Å². The van der Waals surface area contributed by atoms with Crippen molar-refractivity contribution in [1.82, 2.24) is 9.97 Å². The van der Waals surface area contributed by atoms with Gasteiger partial charge in [0.05, 0.1) is 0 Å². The zero-order chi connectivity index (χ0) is 10.8. The molecule has 78 valence electrons. The molecule has 0 radical (unpaired) electrons. The van der Waals surface area contributed by atoms with Gasteiger partial charge in [0.2, 0.25) is 0 Å². The molecule has 2 aromatic rings. The number of aromatic hydroxyl groups is 1. The van der Waals surface area contributed by atoms with Crippen LogP contribution in [0.15, 0.2) is 24.5 Å². The second kappa shape index (κ2) is 3.77. The van der Waals surface area contributed by atoms with Crippen LogP contribution in [0.1, 0.15) is 22.5 Å². The summed E-state index contributed by atoms with van der Waals surface area (Å²) in [6.07, 6.45) is 4.34. The number of nitrogens with zero attached hydrogens (tertiary/aromatic N) is 1. The maximum Gasteiger partial charge on any atom is 0.118 e. The molecule has 0 unspecified atom stereocenters. The Balaban J connectivity index is 2.33. The summed E-state index contributed by atoms with van der Waals surface area (Å²) in [5.74, 6) is 1.30. The number of aromatic amines is 1. The van der Waals surface area contributed by atoms with E-state index in [1.165, 1.54) is 5.56 Å². The van der Waals surface area contributed by atoms with Gasteiger partial charge in [-0.15, -0.1) is 0 Å². The number of benzene rings is 1. The van der Waals surface area contributed by atoms with E-state index in [4.69, 9.17) is 0 Å². The van der Waals surface area contributed by atoms with Crippen LogP contribution < -0.4 is 0 Å². The van der Waals surface area contributed by atoms with E-state index in [-0.39, 0.29) is 0 Å². The minimum Gasteiger partial charge on any atom is -0.508 e. The first-order valence-corrected chi connectivity index (χ1v) is 4.94. The molecular weight excluding hydrogens is 188 g/mol. The third kappa shape index (κ3) is 2.01. The van der Waals surface area contributed by atoms with E-state index in [9.17, 15) is 5.11 Å². The highest BCUT2D eigenvalue weighted by Crippen LogP contribution is 2.22. The lowest BCUT2D eigenvalue weighted by atomic mass is 10.0. The van der Waals surface area contributed by atoms with Crippen molar-refractivity contribution in [2.45, 2.75) is 20.3 Å². The molecule has 3 nitrogen and oxygen atoms in total. The van der Waals surface area contributed by atoms with Crippen LogP contribution in [0, 0.1) is 13.8 Å². The fourth-order valence-corrected chi connectivity index (χ4v) is 1.63. The Bertz CT molecular complexity index is 461.